The third kappa shape index (κ3) is 1.87. The summed E-state index contributed by atoms with van der Waals surface area (Å²) < 4.78 is 0. The summed E-state index contributed by atoms with van der Waals surface area (Å²) in [5, 5.41) is 0.695. The van der Waals surface area contributed by atoms with Gasteiger partial charge in [-0.05, 0) is 85.9 Å². The van der Waals surface area contributed by atoms with Gasteiger partial charge in [0.15, 0.2) is 0 Å². The standard InChI is InChI=1S/C19H32S/c1-18-10-8-16-15(17(18)11-14(20)12-18)7-6-13-5-3-4-9-19(13,16)2/h13-17,20H,3-12H2,1-2H3/t13-,14?,15-,16+,17+,18-,19+/m1/s1. The van der Waals surface area contributed by atoms with Crippen molar-refractivity contribution in [2.24, 2.45) is 34.5 Å². The van der Waals surface area contributed by atoms with Gasteiger partial charge in [0.25, 0.3) is 0 Å². The molecule has 20 heavy (non-hydrogen) atoms. The fraction of sp³-hybridized carbons (Fsp3) is 1.00. The molecule has 0 bridgehead atoms. The normalized spacial score (nSPS) is 58.6. The van der Waals surface area contributed by atoms with E-state index < -0.39 is 0 Å². The second-order valence-corrected chi connectivity index (χ2v) is 9.92. The van der Waals surface area contributed by atoms with Crippen LogP contribution in [-0.4, -0.2) is 5.25 Å². The minimum absolute atomic E-state index is 0.644. The number of fused-ring (bicyclic) bond motifs is 5. The van der Waals surface area contributed by atoms with Crippen LogP contribution in [0.4, 0.5) is 0 Å². The fourth-order valence-corrected chi connectivity index (χ4v) is 7.96. The zero-order valence-corrected chi connectivity index (χ0v) is 14.3. The maximum atomic E-state index is 4.87. The smallest absolute Gasteiger partial charge is 0.00250 e. The minimum Gasteiger partial charge on any atom is -0.176 e. The fourth-order valence-electron chi connectivity index (χ4n) is 7.32. The van der Waals surface area contributed by atoms with E-state index in [2.05, 4.69) is 13.8 Å². The lowest BCUT2D eigenvalue weighted by atomic mass is 9.45. The predicted molar refractivity (Wildman–Crippen MR) is 89.1 cm³/mol. The van der Waals surface area contributed by atoms with Crippen molar-refractivity contribution in [2.75, 3.05) is 0 Å². The molecule has 1 heteroatoms. The topological polar surface area (TPSA) is 0 Å². The molecule has 0 N–H and O–H groups in total. The van der Waals surface area contributed by atoms with Crippen molar-refractivity contribution in [1.82, 2.24) is 0 Å². The molecule has 0 heterocycles. The van der Waals surface area contributed by atoms with Crippen LogP contribution < -0.4 is 0 Å². The Hall–Kier alpha value is 0.350. The van der Waals surface area contributed by atoms with Gasteiger partial charge in [0, 0.05) is 5.25 Å². The van der Waals surface area contributed by atoms with Gasteiger partial charge in [-0.2, -0.15) is 12.6 Å². The first-order valence-corrected chi connectivity index (χ1v) is 9.73. The predicted octanol–water partition coefficient (Wildman–Crippen LogP) is 5.72. The Morgan fingerprint density at radius 3 is 2.60 bits per heavy atom. The Morgan fingerprint density at radius 1 is 0.900 bits per heavy atom. The molecule has 7 atom stereocenters. The molecular weight excluding hydrogens is 260 g/mol. The number of hydrogen-bond donors (Lipinski definition) is 1. The summed E-state index contributed by atoms with van der Waals surface area (Å²) in [5.41, 5.74) is 1.35. The molecule has 4 saturated carbocycles. The van der Waals surface area contributed by atoms with Crippen LogP contribution in [0, 0.1) is 34.5 Å². The molecule has 0 amide bonds. The minimum atomic E-state index is 0.644. The Labute approximate surface area is 130 Å². The first kappa shape index (κ1) is 14.0. The van der Waals surface area contributed by atoms with E-state index >= 15 is 0 Å². The summed E-state index contributed by atoms with van der Waals surface area (Å²) in [5.74, 6) is 4.17. The van der Waals surface area contributed by atoms with Crippen LogP contribution in [0.15, 0.2) is 0 Å². The Bertz CT molecular complexity index is 391. The summed E-state index contributed by atoms with van der Waals surface area (Å²) in [6, 6.07) is 0. The Balaban J connectivity index is 1.64. The van der Waals surface area contributed by atoms with Crippen molar-refractivity contribution in [3.05, 3.63) is 0 Å². The largest absolute Gasteiger partial charge is 0.176 e. The van der Waals surface area contributed by atoms with Crippen LogP contribution in [0.1, 0.15) is 78.1 Å². The van der Waals surface area contributed by atoms with Crippen molar-refractivity contribution in [2.45, 2.75) is 83.3 Å². The molecule has 4 rings (SSSR count). The van der Waals surface area contributed by atoms with E-state index in [0.29, 0.717) is 16.1 Å². The highest BCUT2D eigenvalue weighted by molar-refractivity contribution is 7.81. The summed E-state index contributed by atoms with van der Waals surface area (Å²) >= 11 is 4.87. The van der Waals surface area contributed by atoms with E-state index in [4.69, 9.17) is 12.6 Å². The van der Waals surface area contributed by atoms with Crippen molar-refractivity contribution >= 4 is 12.6 Å². The van der Waals surface area contributed by atoms with E-state index in [1.165, 1.54) is 51.4 Å². The van der Waals surface area contributed by atoms with Crippen LogP contribution in [0.2, 0.25) is 0 Å². The molecule has 4 aliphatic carbocycles. The van der Waals surface area contributed by atoms with Gasteiger partial charge in [-0.3, -0.25) is 0 Å². The van der Waals surface area contributed by atoms with Gasteiger partial charge < -0.3 is 0 Å². The van der Waals surface area contributed by atoms with E-state index in [0.717, 1.165) is 23.7 Å². The summed E-state index contributed by atoms with van der Waals surface area (Å²) in [7, 11) is 0. The molecule has 0 aromatic rings. The van der Waals surface area contributed by atoms with E-state index in [1.807, 2.05) is 0 Å². The molecular formula is C19H32S. The van der Waals surface area contributed by atoms with Crippen LogP contribution in [-0.2, 0) is 0 Å². The highest BCUT2D eigenvalue weighted by Crippen LogP contribution is 2.66. The molecule has 4 aliphatic rings. The van der Waals surface area contributed by atoms with E-state index in [9.17, 15) is 0 Å². The third-order valence-corrected chi connectivity index (χ3v) is 8.72. The lowest BCUT2D eigenvalue weighted by Gasteiger charge is -2.60. The molecule has 0 radical (unpaired) electrons. The molecule has 114 valence electrons. The first-order chi connectivity index (χ1) is 9.53. The van der Waals surface area contributed by atoms with E-state index in [-0.39, 0.29) is 0 Å². The van der Waals surface area contributed by atoms with Gasteiger partial charge in [0.1, 0.15) is 0 Å². The Morgan fingerprint density at radius 2 is 1.75 bits per heavy atom. The van der Waals surface area contributed by atoms with Crippen LogP contribution >= 0.6 is 12.6 Å². The molecule has 0 aromatic carbocycles. The molecule has 0 saturated heterocycles. The second kappa shape index (κ2) is 4.67. The molecule has 0 nitrogen and oxygen atoms in total. The lowest BCUT2D eigenvalue weighted by Crippen LogP contribution is -2.51. The van der Waals surface area contributed by atoms with Gasteiger partial charge in [-0.1, -0.05) is 26.7 Å². The molecule has 1 unspecified atom stereocenters. The quantitative estimate of drug-likeness (QED) is 0.543. The highest BCUT2D eigenvalue weighted by Gasteiger charge is 2.58. The molecule has 0 aromatic heterocycles. The molecule has 4 fully saturated rings. The van der Waals surface area contributed by atoms with Crippen LogP contribution in [0.3, 0.4) is 0 Å². The van der Waals surface area contributed by atoms with Crippen molar-refractivity contribution in [3.63, 3.8) is 0 Å². The summed E-state index contributed by atoms with van der Waals surface area (Å²) in [4.78, 5) is 0. The number of thiol groups is 1. The zero-order valence-electron chi connectivity index (χ0n) is 13.4. The van der Waals surface area contributed by atoms with Crippen molar-refractivity contribution in [3.8, 4) is 0 Å². The zero-order chi connectivity index (χ0) is 14.0. The maximum absolute atomic E-state index is 4.87. The SMILES string of the molecule is C[C@]12CC[C@H]3[C@@H](CC[C@H]4CCCC[C@@]43C)[C@@H]1CC(S)C2. The highest BCUT2D eigenvalue weighted by atomic mass is 32.1. The number of rotatable bonds is 0. The molecule has 0 aliphatic heterocycles. The number of hydrogen-bond acceptors (Lipinski definition) is 1. The third-order valence-electron chi connectivity index (χ3n) is 8.33. The van der Waals surface area contributed by atoms with Crippen molar-refractivity contribution in [1.29, 1.82) is 0 Å². The maximum Gasteiger partial charge on any atom is 0.00250 e. The average Bonchev–Trinajstić information content (AvgIpc) is 2.72. The van der Waals surface area contributed by atoms with Gasteiger partial charge >= 0.3 is 0 Å². The van der Waals surface area contributed by atoms with Crippen molar-refractivity contribution < 1.29 is 0 Å². The van der Waals surface area contributed by atoms with Gasteiger partial charge in [0.05, 0.1) is 0 Å². The van der Waals surface area contributed by atoms with E-state index in [1.54, 1.807) is 12.8 Å². The molecule has 0 spiro atoms. The average molecular weight is 293 g/mol. The Kier molecular flexibility index (Phi) is 3.26. The van der Waals surface area contributed by atoms with Crippen LogP contribution in [0.5, 0.6) is 0 Å². The second-order valence-electron chi connectivity index (χ2n) is 9.19. The summed E-state index contributed by atoms with van der Waals surface area (Å²) in [6.07, 6.45) is 15.0. The van der Waals surface area contributed by atoms with Gasteiger partial charge in [-0.15, -0.1) is 0 Å². The van der Waals surface area contributed by atoms with Gasteiger partial charge in [0.2, 0.25) is 0 Å². The summed E-state index contributed by atoms with van der Waals surface area (Å²) in [6.45, 7) is 5.28. The monoisotopic (exact) mass is 292 g/mol. The lowest BCUT2D eigenvalue weighted by molar-refractivity contribution is -0.103. The van der Waals surface area contributed by atoms with Gasteiger partial charge in [-0.25, -0.2) is 0 Å². The first-order valence-electron chi connectivity index (χ1n) is 9.21. The van der Waals surface area contributed by atoms with Crippen LogP contribution in [0.25, 0.3) is 0 Å².